The lowest BCUT2D eigenvalue weighted by Gasteiger charge is -1.94. The predicted molar refractivity (Wildman–Crippen MR) is 48.5 cm³/mol. The molecule has 58 valence electrons. The molecule has 1 rings (SSSR count). The van der Waals surface area contributed by atoms with Crippen LogP contribution in [0.2, 0.25) is 0 Å². The number of aryl methyl sites for hydroxylation is 1. The molecular weight excluding hydrogens is 156 g/mol. The molecule has 1 heterocycles. The van der Waals surface area contributed by atoms with E-state index in [1.54, 1.807) is 6.08 Å². The van der Waals surface area contributed by atoms with Gasteiger partial charge in [0.2, 0.25) is 0 Å². The van der Waals surface area contributed by atoms with Gasteiger partial charge in [0.15, 0.2) is 0 Å². The molecule has 3 heteroatoms. The molecule has 0 aliphatic carbocycles. The predicted octanol–water partition coefficient (Wildman–Crippen LogP) is 2.30. The second kappa shape index (κ2) is 3.44. The number of aromatic nitrogens is 2. The van der Waals surface area contributed by atoms with E-state index < -0.39 is 0 Å². The minimum Gasteiger partial charge on any atom is -0.177 e. The van der Waals surface area contributed by atoms with Crippen molar-refractivity contribution < 1.29 is 0 Å². The number of hydrogen-bond donors (Lipinski definition) is 0. The van der Waals surface area contributed by atoms with Crippen LogP contribution in [0.15, 0.2) is 19.2 Å². The average Bonchev–Trinajstić information content (AvgIpc) is 2.50. The smallest absolute Gasteiger partial charge is 0.107 e. The molecule has 0 radical (unpaired) electrons. The van der Waals surface area contributed by atoms with Gasteiger partial charge in [-0.2, -0.15) is 8.75 Å². The number of allylic oxidation sites excluding steroid dienone is 2. The summed E-state index contributed by atoms with van der Waals surface area (Å²) in [7, 11) is 0. The second-order valence-corrected chi connectivity index (χ2v) is 2.67. The molecule has 0 spiro atoms. The van der Waals surface area contributed by atoms with E-state index in [1.807, 2.05) is 0 Å². The summed E-state index contributed by atoms with van der Waals surface area (Å²) < 4.78 is 8.24. The molecule has 2 nitrogen and oxygen atoms in total. The van der Waals surface area contributed by atoms with E-state index in [2.05, 4.69) is 28.8 Å². The minimum absolute atomic E-state index is 0.857. The highest BCUT2D eigenvalue weighted by Crippen LogP contribution is 2.16. The first-order valence-electron chi connectivity index (χ1n) is 3.42. The van der Waals surface area contributed by atoms with Crippen molar-refractivity contribution in [3.8, 4) is 0 Å². The highest BCUT2D eigenvalue weighted by atomic mass is 32.1. The largest absolute Gasteiger partial charge is 0.177 e. The maximum Gasteiger partial charge on any atom is 0.107 e. The fourth-order valence-electron chi connectivity index (χ4n) is 0.779. The molecule has 0 fully saturated rings. The van der Waals surface area contributed by atoms with Crippen LogP contribution in [0.25, 0.3) is 5.57 Å². The third-order valence-corrected chi connectivity index (χ3v) is 2.01. The van der Waals surface area contributed by atoms with Crippen LogP contribution in [0, 0.1) is 0 Å². The molecule has 0 aliphatic heterocycles. The Balaban J connectivity index is 3.01. The van der Waals surface area contributed by atoms with Gasteiger partial charge in [-0.05, 0) is 12.0 Å². The summed E-state index contributed by atoms with van der Waals surface area (Å²) in [4.78, 5) is 0. The maximum atomic E-state index is 4.13. The third kappa shape index (κ3) is 1.54. The molecule has 0 bridgehead atoms. The zero-order valence-electron chi connectivity index (χ0n) is 6.50. The van der Waals surface area contributed by atoms with Crippen LogP contribution in [0.3, 0.4) is 0 Å². The Morgan fingerprint density at radius 1 is 1.64 bits per heavy atom. The van der Waals surface area contributed by atoms with Gasteiger partial charge < -0.3 is 0 Å². The standard InChI is InChI=1S/C8H10N2S/c1-4-6(3)8-7(5-2)9-11-10-8/h4H,1,3,5H2,2H3. The van der Waals surface area contributed by atoms with Crippen LogP contribution in [-0.4, -0.2) is 8.75 Å². The molecule has 0 saturated heterocycles. The van der Waals surface area contributed by atoms with Crippen molar-refractivity contribution in [2.45, 2.75) is 13.3 Å². The van der Waals surface area contributed by atoms with Gasteiger partial charge in [0.05, 0.1) is 17.4 Å². The molecule has 1 aromatic heterocycles. The van der Waals surface area contributed by atoms with Gasteiger partial charge in [-0.1, -0.05) is 26.2 Å². The monoisotopic (exact) mass is 166 g/mol. The molecule has 11 heavy (non-hydrogen) atoms. The number of rotatable bonds is 3. The Morgan fingerprint density at radius 2 is 2.36 bits per heavy atom. The topological polar surface area (TPSA) is 25.8 Å². The zero-order valence-corrected chi connectivity index (χ0v) is 7.32. The number of hydrogen-bond acceptors (Lipinski definition) is 3. The Morgan fingerprint density at radius 3 is 2.91 bits per heavy atom. The van der Waals surface area contributed by atoms with Crippen molar-refractivity contribution >= 4 is 17.3 Å². The van der Waals surface area contributed by atoms with Crippen molar-refractivity contribution in [2.24, 2.45) is 0 Å². The summed E-state index contributed by atoms with van der Waals surface area (Å²) in [6.45, 7) is 9.49. The third-order valence-electron chi connectivity index (χ3n) is 1.44. The first-order valence-corrected chi connectivity index (χ1v) is 4.15. The van der Waals surface area contributed by atoms with E-state index in [9.17, 15) is 0 Å². The Kier molecular flexibility index (Phi) is 2.54. The summed E-state index contributed by atoms with van der Waals surface area (Å²) in [5.41, 5.74) is 2.77. The van der Waals surface area contributed by atoms with E-state index >= 15 is 0 Å². The minimum atomic E-state index is 0.857. The molecular formula is C8H10N2S. The summed E-state index contributed by atoms with van der Waals surface area (Å²) in [6, 6.07) is 0. The SMILES string of the molecule is C=CC(=C)c1nsnc1CC. The van der Waals surface area contributed by atoms with Crippen molar-refractivity contribution in [1.29, 1.82) is 0 Å². The van der Waals surface area contributed by atoms with Crippen LogP contribution in [-0.2, 0) is 6.42 Å². The van der Waals surface area contributed by atoms with E-state index in [0.29, 0.717) is 0 Å². The van der Waals surface area contributed by atoms with E-state index in [0.717, 1.165) is 23.4 Å². The summed E-state index contributed by atoms with van der Waals surface area (Å²) in [5.74, 6) is 0. The summed E-state index contributed by atoms with van der Waals surface area (Å²) >= 11 is 1.23. The molecule has 0 aliphatic rings. The normalized spacial score (nSPS) is 9.55. The molecule has 0 N–H and O–H groups in total. The van der Waals surface area contributed by atoms with E-state index in [1.165, 1.54) is 11.7 Å². The van der Waals surface area contributed by atoms with Gasteiger partial charge in [-0.25, -0.2) is 0 Å². The quantitative estimate of drug-likeness (QED) is 0.644. The summed E-state index contributed by atoms with van der Waals surface area (Å²) in [5, 5.41) is 0. The zero-order chi connectivity index (χ0) is 8.27. The lowest BCUT2D eigenvalue weighted by Crippen LogP contribution is -1.87. The van der Waals surface area contributed by atoms with Crippen molar-refractivity contribution in [2.75, 3.05) is 0 Å². The molecule has 0 aromatic carbocycles. The van der Waals surface area contributed by atoms with Gasteiger partial charge in [-0.3, -0.25) is 0 Å². The Labute approximate surface area is 70.6 Å². The van der Waals surface area contributed by atoms with Gasteiger partial charge in [-0.15, -0.1) is 0 Å². The fourth-order valence-corrected chi connectivity index (χ4v) is 1.44. The summed E-state index contributed by atoms with van der Waals surface area (Å²) in [6.07, 6.45) is 2.61. The average molecular weight is 166 g/mol. The number of nitrogens with zero attached hydrogens (tertiary/aromatic N) is 2. The van der Waals surface area contributed by atoms with Gasteiger partial charge in [0, 0.05) is 0 Å². The lowest BCUT2D eigenvalue weighted by atomic mass is 10.1. The van der Waals surface area contributed by atoms with Crippen molar-refractivity contribution in [3.63, 3.8) is 0 Å². The van der Waals surface area contributed by atoms with Gasteiger partial charge >= 0.3 is 0 Å². The molecule has 1 aromatic rings. The van der Waals surface area contributed by atoms with Crippen LogP contribution >= 0.6 is 11.7 Å². The van der Waals surface area contributed by atoms with Gasteiger partial charge in [0.25, 0.3) is 0 Å². The Bertz CT molecular complexity index is 275. The lowest BCUT2D eigenvalue weighted by molar-refractivity contribution is 1.07. The van der Waals surface area contributed by atoms with Crippen LogP contribution in [0.4, 0.5) is 0 Å². The Hall–Kier alpha value is -0.960. The molecule has 0 unspecified atom stereocenters. The van der Waals surface area contributed by atoms with Crippen molar-refractivity contribution in [3.05, 3.63) is 30.6 Å². The van der Waals surface area contributed by atoms with Crippen LogP contribution in [0.1, 0.15) is 18.3 Å². The second-order valence-electron chi connectivity index (χ2n) is 2.14. The molecule has 0 amide bonds. The highest BCUT2D eigenvalue weighted by Gasteiger charge is 2.05. The van der Waals surface area contributed by atoms with Gasteiger partial charge in [0.1, 0.15) is 5.69 Å². The molecule has 0 atom stereocenters. The van der Waals surface area contributed by atoms with Crippen LogP contribution < -0.4 is 0 Å². The van der Waals surface area contributed by atoms with Crippen molar-refractivity contribution in [1.82, 2.24) is 8.75 Å². The maximum absolute atomic E-state index is 4.13. The highest BCUT2D eigenvalue weighted by molar-refractivity contribution is 6.99. The van der Waals surface area contributed by atoms with E-state index in [-0.39, 0.29) is 0 Å². The fraction of sp³-hybridized carbons (Fsp3) is 0.250. The first kappa shape index (κ1) is 8.14. The molecule has 0 saturated carbocycles. The first-order chi connectivity index (χ1) is 5.29. The van der Waals surface area contributed by atoms with Crippen LogP contribution in [0.5, 0.6) is 0 Å². The van der Waals surface area contributed by atoms with E-state index in [4.69, 9.17) is 0 Å².